The fourth-order valence-corrected chi connectivity index (χ4v) is 2.79. The van der Waals surface area contributed by atoms with Crippen LogP contribution in [0.4, 0.5) is 0 Å². The summed E-state index contributed by atoms with van der Waals surface area (Å²) in [5, 5.41) is 0. The zero-order chi connectivity index (χ0) is 20.7. The fraction of sp³-hybridized carbons (Fsp3) is 0.391. The molecule has 0 saturated heterocycles. The summed E-state index contributed by atoms with van der Waals surface area (Å²) < 4.78 is 17.2. The summed E-state index contributed by atoms with van der Waals surface area (Å²) in [6, 6.07) is 13.8. The Balaban J connectivity index is 2.05. The third-order valence-electron chi connectivity index (χ3n) is 3.89. The standard InChI is InChI=1S/C23H27Cl3O3/c24-10-1-13-27-21-8-6-19(7-9-21)4-5-20-16-22(28-14-2-11-25)18-23(17-20)29-15-3-12-26/h4-9,16-18H,1-3,10-15H2/b5-4+. The molecule has 3 nitrogen and oxygen atoms in total. The van der Waals surface area contributed by atoms with E-state index >= 15 is 0 Å². The van der Waals surface area contributed by atoms with Crippen LogP contribution >= 0.6 is 34.8 Å². The van der Waals surface area contributed by atoms with Gasteiger partial charge in [0.05, 0.1) is 19.8 Å². The number of ether oxygens (including phenoxy) is 3. The van der Waals surface area contributed by atoms with Gasteiger partial charge in [-0.2, -0.15) is 0 Å². The molecular formula is C23H27Cl3O3. The Kier molecular flexibility index (Phi) is 11.8. The van der Waals surface area contributed by atoms with E-state index in [0.717, 1.165) is 47.6 Å². The Morgan fingerprint density at radius 1 is 0.552 bits per heavy atom. The van der Waals surface area contributed by atoms with Gasteiger partial charge in [-0.3, -0.25) is 0 Å². The minimum atomic E-state index is 0.572. The van der Waals surface area contributed by atoms with Crippen LogP contribution in [0.15, 0.2) is 42.5 Å². The van der Waals surface area contributed by atoms with Gasteiger partial charge < -0.3 is 14.2 Å². The first kappa shape index (κ1) is 23.7. The van der Waals surface area contributed by atoms with Crippen molar-refractivity contribution in [3.63, 3.8) is 0 Å². The number of benzene rings is 2. The van der Waals surface area contributed by atoms with Gasteiger partial charge in [-0.05, 0) is 54.7 Å². The molecule has 0 fully saturated rings. The highest BCUT2D eigenvalue weighted by molar-refractivity contribution is 6.18. The second kappa shape index (κ2) is 14.4. The SMILES string of the molecule is ClCCCOc1ccc(/C=C/c2cc(OCCCCl)cc(OCCCCl)c2)cc1. The van der Waals surface area contributed by atoms with Crippen molar-refractivity contribution in [3.8, 4) is 17.2 Å². The van der Waals surface area contributed by atoms with Gasteiger partial charge in [-0.15, -0.1) is 34.8 Å². The van der Waals surface area contributed by atoms with E-state index in [9.17, 15) is 0 Å². The molecule has 0 aromatic heterocycles. The predicted molar refractivity (Wildman–Crippen MR) is 124 cm³/mol. The lowest BCUT2D eigenvalue weighted by atomic mass is 10.1. The maximum absolute atomic E-state index is 5.80. The summed E-state index contributed by atoms with van der Waals surface area (Å²) in [7, 11) is 0. The Bertz CT molecular complexity index is 704. The predicted octanol–water partition coefficient (Wildman–Crippen LogP) is 6.88. The minimum absolute atomic E-state index is 0.572. The highest BCUT2D eigenvalue weighted by Crippen LogP contribution is 2.25. The van der Waals surface area contributed by atoms with Crippen LogP contribution in [-0.2, 0) is 0 Å². The maximum atomic E-state index is 5.80. The Hall–Kier alpha value is -1.55. The molecule has 0 spiro atoms. The van der Waals surface area contributed by atoms with Crippen molar-refractivity contribution in [2.24, 2.45) is 0 Å². The van der Waals surface area contributed by atoms with Crippen LogP contribution in [0.2, 0.25) is 0 Å². The lowest BCUT2D eigenvalue weighted by Crippen LogP contribution is -2.01. The third kappa shape index (κ3) is 9.66. The molecule has 158 valence electrons. The normalized spacial score (nSPS) is 11.0. The van der Waals surface area contributed by atoms with E-state index in [2.05, 4.69) is 0 Å². The summed E-state index contributed by atoms with van der Waals surface area (Å²) >= 11 is 17.1. The van der Waals surface area contributed by atoms with Gasteiger partial charge in [0.1, 0.15) is 17.2 Å². The number of hydrogen-bond donors (Lipinski definition) is 0. The first-order valence-corrected chi connectivity index (χ1v) is 11.3. The molecule has 0 bridgehead atoms. The average Bonchev–Trinajstić information content (AvgIpc) is 2.74. The van der Waals surface area contributed by atoms with Crippen LogP contribution in [0.5, 0.6) is 17.2 Å². The molecule has 0 atom stereocenters. The molecule has 0 aliphatic rings. The van der Waals surface area contributed by atoms with Crippen LogP contribution < -0.4 is 14.2 Å². The lowest BCUT2D eigenvalue weighted by molar-refractivity contribution is 0.302. The summed E-state index contributed by atoms with van der Waals surface area (Å²) in [5.41, 5.74) is 2.07. The molecule has 0 heterocycles. The lowest BCUT2D eigenvalue weighted by Gasteiger charge is -2.11. The van der Waals surface area contributed by atoms with Gasteiger partial charge in [0.25, 0.3) is 0 Å². The molecule has 2 aromatic carbocycles. The third-order valence-corrected chi connectivity index (χ3v) is 4.69. The van der Waals surface area contributed by atoms with Gasteiger partial charge in [0.2, 0.25) is 0 Å². The molecule has 0 aliphatic heterocycles. The molecule has 2 aromatic rings. The summed E-state index contributed by atoms with van der Waals surface area (Å²) in [5.74, 6) is 4.13. The van der Waals surface area contributed by atoms with Crippen molar-refractivity contribution in [1.29, 1.82) is 0 Å². The Morgan fingerprint density at radius 2 is 1.00 bits per heavy atom. The summed E-state index contributed by atoms with van der Waals surface area (Å²) in [6.07, 6.45) is 6.50. The molecule has 0 unspecified atom stereocenters. The molecule has 0 saturated carbocycles. The number of hydrogen-bond acceptors (Lipinski definition) is 3. The van der Waals surface area contributed by atoms with E-state index in [1.165, 1.54) is 0 Å². The van der Waals surface area contributed by atoms with Crippen molar-refractivity contribution in [3.05, 3.63) is 53.6 Å². The van der Waals surface area contributed by atoms with Crippen LogP contribution in [0.1, 0.15) is 30.4 Å². The van der Waals surface area contributed by atoms with E-state index in [1.807, 2.05) is 54.6 Å². The maximum Gasteiger partial charge on any atom is 0.123 e. The summed E-state index contributed by atoms with van der Waals surface area (Å²) in [6.45, 7) is 1.77. The number of alkyl halides is 3. The first-order valence-electron chi connectivity index (χ1n) is 9.74. The largest absolute Gasteiger partial charge is 0.494 e. The zero-order valence-corrected chi connectivity index (χ0v) is 18.7. The molecule has 0 radical (unpaired) electrons. The van der Waals surface area contributed by atoms with Crippen LogP contribution in [0, 0.1) is 0 Å². The number of rotatable bonds is 14. The molecular weight excluding hydrogens is 431 g/mol. The molecule has 2 rings (SSSR count). The van der Waals surface area contributed by atoms with Crippen molar-refractivity contribution in [1.82, 2.24) is 0 Å². The topological polar surface area (TPSA) is 27.7 Å². The van der Waals surface area contributed by atoms with Crippen molar-refractivity contribution in [2.75, 3.05) is 37.5 Å². The fourth-order valence-electron chi connectivity index (χ4n) is 2.46. The number of halogens is 3. The van der Waals surface area contributed by atoms with Gasteiger partial charge in [-0.25, -0.2) is 0 Å². The second-order valence-electron chi connectivity index (χ2n) is 6.31. The van der Waals surface area contributed by atoms with Gasteiger partial charge in [0.15, 0.2) is 0 Å². The highest BCUT2D eigenvalue weighted by atomic mass is 35.5. The monoisotopic (exact) mass is 456 g/mol. The molecule has 0 aliphatic carbocycles. The van der Waals surface area contributed by atoms with E-state index in [1.54, 1.807) is 0 Å². The molecule has 0 amide bonds. The Morgan fingerprint density at radius 3 is 1.48 bits per heavy atom. The van der Waals surface area contributed by atoms with Gasteiger partial charge in [0, 0.05) is 23.7 Å². The minimum Gasteiger partial charge on any atom is -0.494 e. The first-order chi connectivity index (χ1) is 14.2. The van der Waals surface area contributed by atoms with Gasteiger partial charge in [-0.1, -0.05) is 24.3 Å². The van der Waals surface area contributed by atoms with Crippen molar-refractivity contribution >= 4 is 47.0 Å². The Labute approximate surface area is 188 Å². The van der Waals surface area contributed by atoms with E-state index in [0.29, 0.717) is 37.5 Å². The van der Waals surface area contributed by atoms with Crippen LogP contribution in [-0.4, -0.2) is 37.5 Å². The van der Waals surface area contributed by atoms with Crippen LogP contribution in [0.25, 0.3) is 12.2 Å². The van der Waals surface area contributed by atoms with Crippen molar-refractivity contribution < 1.29 is 14.2 Å². The van der Waals surface area contributed by atoms with Crippen molar-refractivity contribution in [2.45, 2.75) is 19.3 Å². The smallest absolute Gasteiger partial charge is 0.123 e. The summed E-state index contributed by atoms with van der Waals surface area (Å²) in [4.78, 5) is 0. The quantitative estimate of drug-likeness (QED) is 0.176. The van der Waals surface area contributed by atoms with E-state index in [-0.39, 0.29) is 0 Å². The molecule has 6 heteroatoms. The second-order valence-corrected chi connectivity index (χ2v) is 7.45. The highest BCUT2D eigenvalue weighted by Gasteiger charge is 2.03. The molecule has 0 N–H and O–H groups in total. The van der Waals surface area contributed by atoms with Gasteiger partial charge >= 0.3 is 0 Å². The van der Waals surface area contributed by atoms with E-state index < -0.39 is 0 Å². The zero-order valence-electron chi connectivity index (χ0n) is 16.4. The van der Waals surface area contributed by atoms with E-state index in [4.69, 9.17) is 49.0 Å². The van der Waals surface area contributed by atoms with Crippen LogP contribution in [0.3, 0.4) is 0 Å². The average molecular weight is 458 g/mol. The molecule has 29 heavy (non-hydrogen) atoms.